The number of nitrogens with zero attached hydrogens (tertiary/aromatic N) is 3. The second-order valence-electron chi connectivity index (χ2n) is 7.42. The van der Waals surface area contributed by atoms with E-state index in [2.05, 4.69) is 37.3 Å². The lowest BCUT2D eigenvalue weighted by atomic mass is 10.1. The van der Waals surface area contributed by atoms with Crippen LogP contribution in [0.1, 0.15) is 17.3 Å². The number of H-pyrrole nitrogens is 1. The molecule has 0 unspecified atom stereocenters. The van der Waals surface area contributed by atoms with Crippen LogP contribution < -0.4 is 16.0 Å². The van der Waals surface area contributed by atoms with Crippen molar-refractivity contribution in [1.82, 2.24) is 9.97 Å². The predicted octanol–water partition coefficient (Wildman–Crippen LogP) is 3.26. The minimum absolute atomic E-state index is 0.202. The lowest BCUT2D eigenvalue weighted by Gasteiger charge is -2.28. The lowest BCUT2D eigenvalue weighted by Crippen LogP contribution is -2.36. The number of nitrogens with one attached hydrogen (secondary N) is 2. The summed E-state index contributed by atoms with van der Waals surface area (Å²) in [4.78, 5) is 26.8. The summed E-state index contributed by atoms with van der Waals surface area (Å²) >= 11 is 0. The van der Waals surface area contributed by atoms with Gasteiger partial charge in [0.15, 0.2) is 0 Å². The summed E-state index contributed by atoms with van der Waals surface area (Å²) in [5.74, 6) is -0.202. The van der Waals surface area contributed by atoms with E-state index in [-0.39, 0.29) is 5.78 Å². The highest BCUT2D eigenvalue weighted by atomic mass is 16.5. The zero-order valence-electron chi connectivity index (χ0n) is 17.7. The molecule has 4 N–H and O–H groups in total. The zero-order chi connectivity index (χ0) is 21.8. The summed E-state index contributed by atoms with van der Waals surface area (Å²) in [7, 11) is 1.58. The fourth-order valence-electron chi connectivity index (χ4n) is 3.59. The Hall–Kier alpha value is -3.65. The number of nitrogens with two attached hydrogens (primary N) is 1. The van der Waals surface area contributed by atoms with Crippen LogP contribution in [-0.2, 0) is 4.74 Å². The molecule has 8 nitrogen and oxygen atoms in total. The topological polar surface area (TPSA) is 109 Å². The third-order valence-corrected chi connectivity index (χ3v) is 5.15. The molecule has 8 heteroatoms. The Labute approximate surface area is 180 Å². The third-order valence-electron chi connectivity index (χ3n) is 5.15. The van der Waals surface area contributed by atoms with Gasteiger partial charge in [-0.25, -0.2) is 4.98 Å². The van der Waals surface area contributed by atoms with Crippen LogP contribution in [0, 0.1) is 0 Å². The van der Waals surface area contributed by atoms with Crippen molar-refractivity contribution >= 4 is 39.6 Å². The van der Waals surface area contributed by atoms with Gasteiger partial charge in [0.05, 0.1) is 30.7 Å². The molecule has 3 heterocycles. The molecule has 0 radical (unpaired) electrons. The minimum atomic E-state index is -0.202. The quantitative estimate of drug-likeness (QED) is 0.419. The van der Waals surface area contributed by atoms with Crippen molar-refractivity contribution in [2.75, 3.05) is 43.6 Å². The van der Waals surface area contributed by atoms with Gasteiger partial charge in [0, 0.05) is 48.8 Å². The highest BCUT2D eigenvalue weighted by Crippen LogP contribution is 2.25. The molecule has 1 aromatic carbocycles. The van der Waals surface area contributed by atoms with Gasteiger partial charge in [-0.2, -0.15) is 0 Å². The van der Waals surface area contributed by atoms with Crippen molar-refractivity contribution in [3.8, 4) is 0 Å². The number of fused-ring (bicyclic) bond motifs is 1. The first kappa shape index (κ1) is 20.6. The molecule has 1 fully saturated rings. The van der Waals surface area contributed by atoms with Gasteiger partial charge in [0.1, 0.15) is 11.4 Å². The van der Waals surface area contributed by atoms with Gasteiger partial charge in [0.2, 0.25) is 5.78 Å². The van der Waals surface area contributed by atoms with Crippen LogP contribution in [0.15, 0.2) is 59.5 Å². The molecule has 4 rings (SSSR count). The highest BCUT2D eigenvalue weighted by molar-refractivity contribution is 6.51. The molecule has 0 spiro atoms. The first-order valence-corrected chi connectivity index (χ1v) is 10.2. The van der Waals surface area contributed by atoms with Gasteiger partial charge in [-0.15, -0.1) is 0 Å². The van der Waals surface area contributed by atoms with E-state index in [1.165, 1.54) is 5.69 Å². The van der Waals surface area contributed by atoms with E-state index in [9.17, 15) is 4.79 Å². The maximum absolute atomic E-state index is 12.9. The predicted molar refractivity (Wildman–Crippen MR) is 124 cm³/mol. The van der Waals surface area contributed by atoms with Gasteiger partial charge in [-0.05, 0) is 43.3 Å². The number of pyridine rings is 1. The summed E-state index contributed by atoms with van der Waals surface area (Å²) in [6.07, 6.45) is 4.97. The number of carbonyl (C=O) groups excluding carboxylic acids is 1. The van der Waals surface area contributed by atoms with E-state index in [1.54, 1.807) is 32.4 Å². The number of rotatable bonds is 6. The Morgan fingerprint density at radius 2 is 2.00 bits per heavy atom. The number of ether oxygens (including phenoxy) is 1. The summed E-state index contributed by atoms with van der Waals surface area (Å²) in [6.45, 7) is 5.05. The normalized spacial score (nSPS) is 15.4. The summed E-state index contributed by atoms with van der Waals surface area (Å²) in [5.41, 5.74) is 10.6. The number of hydrogen-bond donors (Lipinski definition) is 3. The SMILES string of the molecule is CN=C(C=C(C)N)C(=O)c1c[nH]c2ncc(Nc3ccc(N4CCOCC4)cc3)cc12. The average molecular weight is 419 g/mol. The van der Waals surface area contributed by atoms with Gasteiger partial charge in [-0.1, -0.05) is 0 Å². The molecule has 1 saturated heterocycles. The molecule has 2 aromatic heterocycles. The summed E-state index contributed by atoms with van der Waals surface area (Å²) in [5, 5.41) is 4.09. The molecule has 0 saturated carbocycles. The zero-order valence-corrected chi connectivity index (χ0v) is 17.7. The first-order valence-electron chi connectivity index (χ1n) is 10.2. The van der Waals surface area contributed by atoms with Crippen LogP contribution in [0.3, 0.4) is 0 Å². The van der Waals surface area contributed by atoms with E-state index < -0.39 is 0 Å². The highest BCUT2D eigenvalue weighted by Gasteiger charge is 2.17. The van der Waals surface area contributed by atoms with Crippen LogP contribution in [0.25, 0.3) is 11.0 Å². The van der Waals surface area contributed by atoms with Crippen LogP contribution in [0.5, 0.6) is 0 Å². The number of carbonyl (C=O) groups is 1. The van der Waals surface area contributed by atoms with Gasteiger partial charge >= 0.3 is 0 Å². The Morgan fingerprint density at radius 1 is 1.26 bits per heavy atom. The second-order valence-corrected chi connectivity index (χ2v) is 7.42. The Balaban J connectivity index is 1.56. The number of hydrogen-bond acceptors (Lipinski definition) is 7. The molecule has 1 aliphatic rings. The van der Waals surface area contributed by atoms with Gasteiger partial charge < -0.3 is 25.7 Å². The van der Waals surface area contributed by atoms with Gasteiger partial charge in [-0.3, -0.25) is 9.79 Å². The number of benzene rings is 1. The maximum atomic E-state index is 12.9. The van der Waals surface area contributed by atoms with Crippen molar-refractivity contribution in [3.05, 3.63) is 60.1 Å². The Bertz CT molecular complexity index is 1140. The Kier molecular flexibility index (Phi) is 5.99. The number of aromatic amines is 1. The fraction of sp³-hybridized carbons (Fsp3) is 0.261. The van der Waals surface area contributed by atoms with E-state index in [0.717, 1.165) is 43.1 Å². The van der Waals surface area contributed by atoms with Crippen LogP contribution in [0.2, 0.25) is 0 Å². The third kappa shape index (κ3) is 4.59. The first-order chi connectivity index (χ1) is 15.0. The van der Waals surface area contributed by atoms with Crippen molar-refractivity contribution in [1.29, 1.82) is 0 Å². The molecule has 0 atom stereocenters. The Morgan fingerprint density at radius 3 is 2.68 bits per heavy atom. The van der Waals surface area contributed by atoms with E-state index >= 15 is 0 Å². The van der Waals surface area contributed by atoms with E-state index in [1.807, 2.05) is 18.2 Å². The number of allylic oxidation sites excluding steroid dienone is 2. The van der Waals surface area contributed by atoms with Crippen LogP contribution in [-0.4, -0.2) is 54.8 Å². The fourth-order valence-corrected chi connectivity index (χ4v) is 3.59. The van der Waals surface area contributed by atoms with Crippen molar-refractivity contribution in [2.45, 2.75) is 6.92 Å². The molecule has 0 bridgehead atoms. The number of Topliss-reactive ketones (excluding diaryl/α,β-unsaturated/α-hetero) is 1. The van der Waals surface area contributed by atoms with Gasteiger partial charge in [0.25, 0.3) is 0 Å². The smallest absolute Gasteiger partial charge is 0.213 e. The van der Waals surface area contributed by atoms with Crippen molar-refractivity contribution < 1.29 is 9.53 Å². The standard InChI is InChI=1S/C23H26N6O2/c1-15(24)11-21(25-2)22(30)20-14-27-23-19(20)12-17(13-26-23)28-16-3-5-18(6-4-16)29-7-9-31-10-8-29/h3-6,11-14,28H,7-10,24H2,1-2H3,(H,26,27). The molecule has 0 aliphatic carbocycles. The number of morpholine rings is 1. The number of ketones is 1. The monoisotopic (exact) mass is 418 g/mol. The average Bonchev–Trinajstić information content (AvgIpc) is 3.21. The lowest BCUT2D eigenvalue weighted by molar-refractivity contribution is 0.106. The molecule has 3 aromatic rings. The van der Waals surface area contributed by atoms with Crippen molar-refractivity contribution in [3.63, 3.8) is 0 Å². The molecular weight excluding hydrogens is 392 g/mol. The summed E-state index contributed by atoms with van der Waals surface area (Å²) in [6, 6.07) is 10.2. The molecule has 1 aliphatic heterocycles. The molecular formula is C23H26N6O2. The minimum Gasteiger partial charge on any atom is -0.402 e. The number of aliphatic imine (C=N–C) groups is 1. The van der Waals surface area contributed by atoms with E-state index in [0.29, 0.717) is 22.6 Å². The van der Waals surface area contributed by atoms with Crippen LogP contribution in [0.4, 0.5) is 17.1 Å². The van der Waals surface area contributed by atoms with E-state index in [4.69, 9.17) is 10.5 Å². The number of anilines is 3. The molecule has 0 amide bonds. The maximum Gasteiger partial charge on any atom is 0.213 e. The molecule has 31 heavy (non-hydrogen) atoms. The second kappa shape index (κ2) is 9.01. The summed E-state index contributed by atoms with van der Waals surface area (Å²) < 4.78 is 5.42. The van der Waals surface area contributed by atoms with Crippen molar-refractivity contribution in [2.24, 2.45) is 10.7 Å². The largest absolute Gasteiger partial charge is 0.402 e. The number of aromatic nitrogens is 2. The van der Waals surface area contributed by atoms with Crippen LogP contribution >= 0.6 is 0 Å². The molecule has 160 valence electrons.